The highest BCUT2D eigenvalue weighted by atomic mass is 16.4. The highest BCUT2D eigenvalue weighted by molar-refractivity contribution is 5.66. The molecule has 0 unspecified atom stereocenters. The highest BCUT2D eigenvalue weighted by Gasteiger charge is 2.10. The largest absolute Gasteiger partial charge is 0.481 e. The molecule has 0 aliphatic rings. The first-order valence-corrected chi connectivity index (χ1v) is 3.88. The minimum atomic E-state index is -0.827. The van der Waals surface area contributed by atoms with Crippen molar-refractivity contribution < 1.29 is 14.7 Å². The fraction of sp³-hybridized carbons (Fsp3) is 0.556. The summed E-state index contributed by atoms with van der Waals surface area (Å²) in [6.07, 6.45) is 1.79. The Labute approximate surface area is 72.1 Å². The van der Waals surface area contributed by atoms with Crippen molar-refractivity contribution in [2.45, 2.75) is 26.2 Å². The van der Waals surface area contributed by atoms with Crippen LogP contribution in [-0.4, -0.2) is 17.4 Å². The van der Waals surface area contributed by atoms with Crippen LogP contribution in [0, 0.1) is 5.92 Å². The summed E-state index contributed by atoms with van der Waals surface area (Å²) < 4.78 is 0. The molecular weight excluding hydrogens is 156 g/mol. The van der Waals surface area contributed by atoms with E-state index in [4.69, 9.17) is 5.11 Å². The van der Waals surface area contributed by atoms with E-state index in [-0.39, 0.29) is 12.3 Å². The van der Waals surface area contributed by atoms with Crippen LogP contribution in [0.4, 0.5) is 0 Å². The number of carboxylic acid groups (broad SMARTS) is 1. The van der Waals surface area contributed by atoms with Gasteiger partial charge in [0.25, 0.3) is 0 Å². The predicted octanol–water partition coefficient (Wildman–Crippen LogP) is 1.63. The number of hydrogen-bond donors (Lipinski definition) is 1. The average molecular weight is 170 g/mol. The number of aliphatic carboxylic acids is 1. The van der Waals surface area contributed by atoms with Gasteiger partial charge in [-0.15, -0.1) is 0 Å². The van der Waals surface area contributed by atoms with Crippen molar-refractivity contribution in [2.24, 2.45) is 5.92 Å². The van der Waals surface area contributed by atoms with E-state index in [9.17, 15) is 9.59 Å². The van der Waals surface area contributed by atoms with Crippen LogP contribution in [0.25, 0.3) is 0 Å². The molecule has 3 nitrogen and oxygen atoms in total. The lowest BCUT2D eigenvalue weighted by molar-refractivity contribution is -0.137. The minimum absolute atomic E-state index is 0.0265. The standard InChI is InChI=1S/C9H14O3/c1-7(2)8(5-6-10)3-4-9(11)12/h6,8H,1,3-5H2,2H3,(H,11,12)/t8-/m1/s1. The minimum Gasteiger partial charge on any atom is -0.481 e. The van der Waals surface area contributed by atoms with Gasteiger partial charge in [-0.1, -0.05) is 12.2 Å². The van der Waals surface area contributed by atoms with E-state index < -0.39 is 5.97 Å². The fourth-order valence-corrected chi connectivity index (χ4v) is 0.979. The first kappa shape index (κ1) is 10.9. The van der Waals surface area contributed by atoms with Gasteiger partial charge < -0.3 is 9.90 Å². The van der Waals surface area contributed by atoms with Crippen molar-refractivity contribution in [3.63, 3.8) is 0 Å². The number of carbonyl (C=O) groups is 2. The first-order chi connectivity index (χ1) is 5.57. The van der Waals surface area contributed by atoms with E-state index in [1.807, 2.05) is 6.92 Å². The third-order valence-electron chi connectivity index (χ3n) is 1.78. The van der Waals surface area contributed by atoms with Crippen LogP contribution in [-0.2, 0) is 9.59 Å². The second-order valence-electron chi connectivity index (χ2n) is 2.88. The Hall–Kier alpha value is -1.12. The summed E-state index contributed by atoms with van der Waals surface area (Å²) in [7, 11) is 0. The molecule has 1 N–H and O–H groups in total. The normalized spacial score (nSPS) is 12.1. The number of carboxylic acids is 1. The number of rotatable bonds is 6. The summed E-state index contributed by atoms with van der Waals surface area (Å²) in [4.78, 5) is 20.4. The molecule has 3 heteroatoms. The molecule has 0 rings (SSSR count). The SMILES string of the molecule is C=C(C)[C@@H](CC=O)CCC(=O)O. The lowest BCUT2D eigenvalue weighted by Gasteiger charge is -2.11. The summed E-state index contributed by atoms with van der Waals surface area (Å²) in [5, 5.41) is 8.39. The molecule has 0 fully saturated rings. The van der Waals surface area contributed by atoms with Gasteiger partial charge in [0.1, 0.15) is 6.29 Å². The van der Waals surface area contributed by atoms with Crippen LogP contribution in [0.1, 0.15) is 26.2 Å². The molecule has 0 saturated heterocycles. The van der Waals surface area contributed by atoms with Crippen molar-refractivity contribution in [3.8, 4) is 0 Å². The van der Waals surface area contributed by atoms with Crippen LogP contribution in [0.5, 0.6) is 0 Å². The van der Waals surface area contributed by atoms with Gasteiger partial charge in [0.05, 0.1) is 0 Å². The Balaban J connectivity index is 3.86. The lowest BCUT2D eigenvalue weighted by atomic mass is 9.94. The Morgan fingerprint density at radius 1 is 1.67 bits per heavy atom. The smallest absolute Gasteiger partial charge is 0.303 e. The molecule has 12 heavy (non-hydrogen) atoms. The predicted molar refractivity (Wildman–Crippen MR) is 45.9 cm³/mol. The van der Waals surface area contributed by atoms with E-state index in [1.165, 1.54) is 0 Å². The second-order valence-corrected chi connectivity index (χ2v) is 2.88. The molecule has 0 radical (unpaired) electrons. The molecule has 68 valence electrons. The van der Waals surface area contributed by atoms with E-state index in [0.29, 0.717) is 12.8 Å². The Morgan fingerprint density at radius 2 is 2.25 bits per heavy atom. The Kier molecular flexibility index (Phi) is 5.00. The first-order valence-electron chi connectivity index (χ1n) is 3.88. The number of hydrogen-bond acceptors (Lipinski definition) is 2. The molecule has 0 bridgehead atoms. The molecule has 0 aliphatic heterocycles. The summed E-state index contributed by atoms with van der Waals surface area (Å²) in [6, 6.07) is 0. The molecule has 0 heterocycles. The van der Waals surface area contributed by atoms with Crippen LogP contribution in [0.2, 0.25) is 0 Å². The molecule has 0 aromatic carbocycles. The van der Waals surface area contributed by atoms with Crippen LogP contribution in [0.15, 0.2) is 12.2 Å². The summed E-state index contributed by atoms with van der Waals surface area (Å²) in [5.74, 6) is -0.800. The van der Waals surface area contributed by atoms with Crippen LogP contribution < -0.4 is 0 Å². The van der Waals surface area contributed by atoms with Gasteiger partial charge in [-0.3, -0.25) is 4.79 Å². The van der Waals surface area contributed by atoms with Gasteiger partial charge in [0, 0.05) is 12.8 Å². The summed E-state index contributed by atoms with van der Waals surface area (Å²) in [5.41, 5.74) is 0.878. The number of allylic oxidation sites excluding steroid dienone is 1. The zero-order valence-corrected chi connectivity index (χ0v) is 7.25. The van der Waals surface area contributed by atoms with E-state index in [0.717, 1.165) is 11.9 Å². The number of aldehydes is 1. The van der Waals surface area contributed by atoms with Gasteiger partial charge in [0.2, 0.25) is 0 Å². The third kappa shape index (κ3) is 4.66. The van der Waals surface area contributed by atoms with Gasteiger partial charge in [0.15, 0.2) is 0 Å². The topological polar surface area (TPSA) is 54.4 Å². The lowest BCUT2D eigenvalue weighted by Crippen LogP contribution is -2.05. The Bertz CT molecular complexity index is 184. The molecule has 0 aromatic rings. The molecule has 0 aliphatic carbocycles. The second kappa shape index (κ2) is 5.52. The molecule has 1 atom stereocenters. The van der Waals surface area contributed by atoms with Gasteiger partial charge in [-0.2, -0.15) is 0 Å². The van der Waals surface area contributed by atoms with Crippen molar-refractivity contribution in [1.29, 1.82) is 0 Å². The maximum atomic E-state index is 10.2. The van der Waals surface area contributed by atoms with E-state index >= 15 is 0 Å². The van der Waals surface area contributed by atoms with E-state index in [1.54, 1.807) is 0 Å². The zero-order valence-electron chi connectivity index (χ0n) is 7.25. The van der Waals surface area contributed by atoms with E-state index in [2.05, 4.69) is 6.58 Å². The van der Waals surface area contributed by atoms with Crippen molar-refractivity contribution in [1.82, 2.24) is 0 Å². The van der Waals surface area contributed by atoms with Gasteiger partial charge >= 0.3 is 5.97 Å². The molecule has 0 saturated carbocycles. The van der Waals surface area contributed by atoms with Crippen LogP contribution in [0.3, 0.4) is 0 Å². The zero-order chi connectivity index (χ0) is 9.56. The molecule has 0 aromatic heterocycles. The maximum Gasteiger partial charge on any atom is 0.303 e. The average Bonchev–Trinajstić information content (AvgIpc) is 1.96. The maximum absolute atomic E-state index is 10.2. The number of carbonyl (C=O) groups excluding carboxylic acids is 1. The molecular formula is C9H14O3. The molecule has 0 spiro atoms. The van der Waals surface area contributed by atoms with Gasteiger partial charge in [-0.05, 0) is 19.3 Å². The quantitative estimate of drug-likeness (QED) is 0.487. The van der Waals surface area contributed by atoms with Crippen molar-refractivity contribution in [3.05, 3.63) is 12.2 Å². The fourth-order valence-electron chi connectivity index (χ4n) is 0.979. The van der Waals surface area contributed by atoms with Crippen molar-refractivity contribution >= 4 is 12.3 Å². The van der Waals surface area contributed by atoms with Crippen LogP contribution >= 0.6 is 0 Å². The molecule has 0 amide bonds. The Morgan fingerprint density at radius 3 is 2.58 bits per heavy atom. The summed E-state index contributed by atoms with van der Waals surface area (Å²) in [6.45, 7) is 5.52. The van der Waals surface area contributed by atoms with Crippen molar-refractivity contribution in [2.75, 3.05) is 0 Å². The third-order valence-corrected chi connectivity index (χ3v) is 1.78. The summed E-state index contributed by atoms with van der Waals surface area (Å²) >= 11 is 0. The van der Waals surface area contributed by atoms with Gasteiger partial charge in [-0.25, -0.2) is 0 Å². The monoisotopic (exact) mass is 170 g/mol. The highest BCUT2D eigenvalue weighted by Crippen LogP contribution is 2.17.